The molecular formula is C16H17NO3. The lowest BCUT2D eigenvalue weighted by Crippen LogP contribution is -2.05. The number of nitrogen functional groups attached to an aromatic ring is 1. The second-order valence-electron chi connectivity index (χ2n) is 4.47. The summed E-state index contributed by atoms with van der Waals surface area (Å²) in [6.07, 6.45) is 0. The highest BCUT2D eigenvalue weighted by atomic mass is 16.5. The van der Waals surface area contributed by atoms with Crippen LogP contribution < -0.4 is 15.2 Å². The van der Waals surface area contributed by atoms with Crippen molar-refractivity contribution in [1.29, 1.82) is 0 Å². The van der Waals surface area contributed by atoms with Crippen molar-refractivity contribution < 1.29 is 14.3 Å². The molecule has 0 saturated carbocycles. The molecule has 0 unspecified atom stereocenters. The molecule has 0 aromatic heterocycles. The van der Waals surface area contributed by atoms with E-state index in [1.54, 1.807) is 50.6 Å². The topological polar surface area (TPSA) is 61.5 Å². The third kappa shape index (κ3) is 2.59. The van der Waals surface area contributed by atoms with Crippen molar-refractivity contribution in [2.75, 3.05) is 20.0 Å². The van der Waals surface area contributed by atoms with Crippen molar-refractivity contribution in [3.8, 4) is 11.5 Å². The summed E-state index contributed by atoms with van der Waals surface area (Å²) >= 11 is 0. The molecule has 0 amide bonds. The van der Waals surface area contributed by atoms with Crippen LogP contribution in [0.1, 0.15) is 21.5 Å². The lowest BCUT2D eigenvalue weighted by molar-refractivity contribution is 0.103. The van der Waals surface area contributed by atoms with Gasteiger partial charge in [-0.3, -0.25) is 4.79 Å². The van der Waals surface area contributed by atoms with E-state index < -0.39 is 0 Å². The van der Waals surface area contributed by atoms with Crippen molar-refractivity contribution in [3.63, 3.8) is 0 Å². The fourth-order valence-corrected chi connectivity index (χ4v) is 2.02. The van der Waals surface area contributed by atoms with E-state index in [9.17, 15) is 4.79 Å². The van der Waals surface area contributed by atoms with Crippen molar-refractivity contribution in [1.82, 2.24) is 0 Å². The molecule has 0 heterocycles. The Hall–Kier alpha value is -2.49. The maximum absolute atomic E-state index is 12.5. The molecule has 0 aliphatic rings. The van der Waals surface area contributed by atoms with E-state index in [2.05, 4.69) is 0 Å². The minimum absolute atomic E-state index is 0.0662. The average molecular weight is 271 g/mol. The van der Waals surface area contributed by atoms with Gasteiger partial charge in [0.2, 0.25) is 0 Å². The predicted molar refractivity (Wildman–Crippen MR) is 78.6 cm³/mol. The van der Waals surface area contributed by atoms with Gasteiger partial charge in [0.15, 0.2) is 17.3 Å². The molecule has 2 aromatic carbocycles. The summed E-state index contributed by atoms with van der Waals surface area (Å²) in [6.45, 7) is 1.87. The van der Waals surface area contributed by atoms with Gasteiger partial charge >= 0.3 is 0 Å². The van der Waals surface area contributed by atoms with Crippen molar-refractivity contribution >= 4 is 11.5 Å². The van der Waals surface area contributed by atoms with Gasteiger partial charge in [0.1, 0.15) is 0 Å². The lowest BCUT2D eigenvalue weighted by Gasteiger charge is -2.12. The molecule has 0 spiro atoms. The van der Waals surface area contributed by atoms with Crippen LogP contribution in [0.4, 0.5) is 5.69 Å². The van der Waals surface area contributed by atoms with Crippen molar-refractivity contribution in [2.45, 2.75) is 6.92 Å². The minimum atomic E-state index is -0.0662. The van der Waals surface area contributed by atoms with E-state index in [0.29, 0.717) is 28.3 Å². The number of carbonyl (C=O) groups is 1. The maximum atomic E-state index is 12.5. The number of ether oxygens (including phenoxy) is 2. The molecule has 0 atom stereocenters. The first kappa shape index (κ1) is 13.9. The quantitative estimate of drug-likeness (QED) is 0.686. The zero-order valence-corrected chi connectivity index (χ0v) is 11.8. The van der Waals surface area contributed by atoms with Gasteiger partial charge < -0.3 is 15.2 Å². The fraction of sp³-hybridized carbons (Fsp3) is 0.188. The second-order valence-corrected chi connectivity index (χ2v) is 4.47. The van der Waals surface area contributed by atoms with Crippen molar-refractivity contribution in [3.05, 3.63) is 53.1 Å². The third-order valence-corrected chi connectivity index (χ3v) is 3.15. The Balaban J connectivity index is 2.46. The molecule has 104 valence electrons. The van der Waals surface area contributed by atoms with Gasteiger partial charge in [-0.2, -0.15) is 0 Å². The smallest absolute Gasteiger partial charge is 0.193 e. The number of carbonyl (C=O) groups excluding carboxylic acids is 1. The molecule has 4 nitrogen and oxygen atoms in total. The molecular weight excluding hydrogens is 254 g/mol. The third-order valence-electron chi connectivity index (χ3n) is 3.15. The second kappa shape index (κ2) is 5.65. The van der Waals surface area contributed by atoms with Crippen LogP contribution in [-0.2, 0) is 0 Å². The van der Waals surface area contributed by atoms with E-state index in [1.807, 2.05) is 6.92 Å². The molecule has 0 bridgehead atoms. The SMILES string of the molecule is COc1cc(C)c(C(=O)c2ccc(N)cc2)cc1OC. The Morgan fingerprint density at radius 2 is 1.55 bits per heavy atom. The van der Waals surface area contributed by atoms with Crippen LogP contribution in [0.25, 0.3) is 0 Å². The molecule has 0 radical (unpaired) electrons. The summed E-state index contributed by atoms with van der Waals surface area (Å²) in [4.78, 5) is 12.5. The minimum Gasteiger partial charge on any atom is -0.493 e. The van der Waals surface area contributed by atoms with Gasteiger partial charge in [-0.1, -0.05) is 0 Å². The Bertz CT molecular complexity index is 633. The number of nitrogens with two attached hydrogens (primary N) is 1. The summed E-state index contributed by atoms with van der Waals surface area (Å²) in [5, 5.41) is 0. The van der Waals surface area contributed by atoms with E-state index >= 15 is 0 Å². The van der Waals surface area contributed by atoms with E-state index in [1.165, 1.54) is 0 Å². The zero-order chi connectivity index (χ0) is 14.7. The number of hydrogen-bond donors (Lipinski definition) is 1. The number of benzene rings is 2. The van der Waals surface area contributed by atoms with Gasteiger partial charge in [0.25, 0.3) is 0 Å². The van der Waals surface area contributed by atoms with Crippen LogP contribution in [0.15, 0.2) is 36.4 Å². The van der Waals surface area contributed by atoms with Gasteiger partial charge in [-0.15, -0.1) is 0 Å². The number of rotatable bonds is 4. The normalized spacial score (nSPS) is 10.2. The summed E-state index contributed by atoms with van der Waals surface area (Å²) < 4.78 is 10.5. The first-order valence-electron chi connectivity index (χ1n) is 6.19. The largest absolute Gasteiger partial charge is 0.493 e. The number of methoxy groups -OCH3 is 2. The first-order chi connectivity index (χ1) is 9.56. The highest BCUT2D eigenvalue weighted by Gasteiger charge is 2.16. The maximum Gasteiger partial charge on any atom is 0.193 e. The van der Waals surface area contributed by atoms with Gasteiger partial charge in [-0.25, -0.2) is 0 Å². The fourth-order valence-electron chi connectivity index (χ4n) is 2.02. The summed E-state index contributed by atoms with van der Waals surface area (Å²) in [5.41, 5.74) is 8.28. The highest BCUT2D eigenvalue weighted by Crippen LogP contribution is 2.31. The van der Waals surface area contributed by atoms with Crippen LogP contribution in [-0.4, -0.2) is 20.0 Å². The van der Waals surface area contributed by atoms with Crippen molar-refractivity contribution in [2.24, 2.45) is 0 Å². The monoisotopic (exact) mass is 271 g/mol. The Morgan fingerprint density at radius 3 is 2.10 bits per heavy atom. The number of ketones is 1. The molecule has 0 fully saturated rings. The van der Waals surface area contributed by atoms with E-state index in [4.69, 9.17) is 15.2 Å². The zero-order valence-electron chi connectivity index (χ0n) is 11.8. The average Bonchev–Trinajstić information content (AvgIpc) is 2.47. The number of aryl methyl sites for hydroxylation is 1. The Kier molecular flexibility index (Phi) is 3.94. The van der Waals surface area contributed by atoms with E-state index in [-0.39, 0.29) is 5.78 Å². The van der Waals surface area contributed by atoms with Gasteiger partial charge in [0, 0.05) is 16.8 Å². The van der Waals surface area contributed by atoms with Crippen LogP contribution >= 0.6 is 0 Å². The molecule has 0 aliphatic heterocycles. The molecule has 2 aromatic rings. The first-order valence-corrected chi connectivity index (χ1v) is 6.19. The predicted octanol–water partition coefficient (Wildman–Crippen LogP) is 2.83. The standard InChI is InChI=1S/C16H17NO3/c1-10-8-14(19-2)15(20-3)9-13(10)16(18)11-4-6-12(17)7-5-11/h4-9H,17H2,1-3H3. The molecule has 20 heavy (non-hydrogen) atoms. The molecule has 4 heteroatoms. The summed E-state index contributed by atoms with van der Waals surface area (Å²) in [6, 6.07) is 10.4. The highest BCUT2D eigenvalue weighted by molar-refractivity contribution is 6.10. The van der Waals surface area contributed by atoms with Gasteiger partial charge in [-0.05, 0) is 48.9 Å². The molecule has 2 rings (SSSR count). The van der Waals surface area contributed by atoms with E-state index in [0.717, 1.165) is 5.56 Å². The molecule has 0 saturated heterocycles. The molecule has 0 aliphatic carbocycles. The van der Waals surface area contributed by atoms with Crippen LogP contribution in [0.2, 0.25) is 0 Å². The van der Waals surface area contributed by atoms with Crippen LogP contribution in [0.5, 0.6) is 11.5 Å². The Morgan fingerprint density at radius 1 is 1.00 bits per heavy atom. The number of hydrogen-bond acceptors (Lipinski definition) is 4. The van der Waals surface area contributed by atoms with Crippen LogP contribution in [0, 0.1) is 6.92 Å². The van der Waals surface area contributed by atoms with Crippen LogP contribution in [0.3, 0.4) is 0 Å². The summed E-state index contributed by atoms with van der Waals surface area (Å²) in [7, 11) is 3.11. The number of anilines is 1. The molecule has 2 N–H and O–H groups in total. The van der Waals surface area contributed by atoms with Gasteiger partial charge in [0.05, 0.1) is 14.2 Å². The lowest BCUT2D eigenvalue weighted by atomic mass is 9.98. The summed E-state index contributed by atoms with van der Waals surface area (Å²) in [5.74, 6) is 1.08. The Labute approximate surface area is 118 Å².